The van der Waals surface area contributed by atoms with Crippen LogP contribution in [0, 0.1) is 0 Å². The highest BCUT2D eigenvalue weighted by atomic mass is 32.2. The molecule has 1 nitrogen and oxygen atoms in total. The maximum Gasteiger partial charge on any atom is 0.0630 e. The summed E-state index contributed by atoms with van der Waals surface area (Å²) in [6.07, 6.45) is 5.96. The topological polar surface area (TPSA) is 20.2 Å². The Balaban J connectivity index is 3.28. The monoisotopic (exact) mass is 202 g/mol. The molecule has 0 aliphatic carbocycles. The summed E-state index contributed by atoms with van der Waals surface area (Å²) in [5.74, 6) is 0.881. The molecule has 0 saturated carbocycles. The molecule has 0 aromatic rings. The normalized spacial score (nSPS) is 15.3. The third kappa shape index (κ3) is 8.38. The predicted molar refractivity (Wildman–Crippen MR) is 62.3 cm³/mol. The highest BCUT2D eigenvalue weighted by molar-refractivity contribution is 7.99. The molecule has 0 spiro atoms. The number of allylic oxidation sites excluding steroid dienone is 1. The third-order valence-corrected chi connectivity index (χ3v) is 3.57. The standard InChI is InChI=1S/C11H22OS/c1-4-6-7-8-11(12)9-13-10(3)5-2/h4,10-12H,1,5-9H2,2-3H3. The first-order valence-electron chi connectivity index (χ1n) is 5.11. The molecule has 0 bridgehead atoms. The maximum absolute atomic E-state index is 9.57. The highest BCUT2D eigenvalue weighted by Crippen LogP contribution is 2.16. The minimum Gasteiger partial charge on any atom is -0.392 e. The molecule has 2 atom stereocenters. The average Bonchev–Trinajstić information content (AvgIpc) is 2.14. The van der Waals surface area contributed by atoms with E-state index in [9.17, 15) is 5.11 Å². The van der Waals surface area contributed by atoms with Gasteiger partial charge in [0.15, 0.2) is 0 Å². The van der Waals surface area contributed by atoms with Gasteiger partial charge >= 0.3 is 0 Å². The molecule has 0 aliphatic heterocycles. The number of unbranched alkanes of at least 4 members (excludes halogenated alkanes) is 1. The van der Waals surface area contributed by atoms with E-state index in [1.54, 1.807) is 0 Å². The number of aliphatic hydroxyl groups excluding tert-OH is 1. The molecule has 0 rings (SSSR count). The van der Waals surface area contributed by atoms with Gasteiger partial charge in [-0.25, -0.2) is 0 Å². The van der Waals surface area contributed by atoms with Gasteiger partial charge in [-0.3, -0.25) is 0 Å². The molecule has 2 unspecified atom stereocenters. The van der Waals surface area contributed by atoms with Crippen LogP contribution in [0.25, 0.3) is 0 Å². The zero-order chi connectivity index (χ0) is 10.1. The van der Waals surface area contributed by atoms with Gasteiger partial charge in [-0.1, -0.05) is 19.9 Å². The Morgan fingerprint density at radius 3 is 2.77 bits per heavy atom. The van der Waals surface area contributed by atoms with Crippen molar-refractivity contribution in [3.8, 4) is 0 Å². The number of rotatable bonds is 8. The minimum atomic E-state index is -0.126. The molecule has 0 radical (unpaired) electrons. The summed E-state index contributed by atoms with van der Waals surface area (Å²) in [5, 5.41) is 10.2. The van der Waals surface area contributed by atoms with E-state index in [2.05, 4.69) is 20.4 Å². The Morgan fingerprint density at radius 1 is 1.54 bits per heavy atom. The molecule has 0 aromatic carbocycles. The third-order valence-electron chi connectivity index (χ3n) is 2.09. The van der Waals surface area contributed by atoms with Crippen LogP contribution in [0.2, 0.25) is 0 Å². The summed E-state index contributed by atoms with van der Waals surface area (Å²) in [6.45, 7) is 8.05. The molecule has 1 N–H and O–H groups in total. The predicted octanol–water partition coefficient (Wildman–Crippen LogP) is 3.24. The van der Waals surface area contributed by atoms with Crippen LogP contribution < -0.4 is 0 Å². The first kappa shape index (κ1) is 13.1. The van der Waals surface area contributed by atoms with Gasteiger partial charge in [-0.05, 0) is 25.7 Å². The fourth-order valence-corrected chi connectivity index (χ4v) is 1.93. The van der Waals surface area contributed by atoms with E-state index < -0.39 is 0 Å². The first-order chi connectivity index (χ1) is 6.20. The molecule has 78 valence electrons. The van der Waals surface area contributed by atoms with Crippen molar-refractivity contribution in [2.75, 3.05) is 5.75 Å². The van der Waals surface area contributed by atoms with Gasteiger partial charge in [0.1, 0.15) is 0 Å². The Bertz CT molecular complexity index is 125. The molecule has 0 saturated heterocycles. The lowest BCUT2D eigenvalue weighted by Gasteiger charge is -2.12. The van der Waals surface area contributed by atoms with Crippen LogP contribution >= 0.6 is 11.8 Å². The quantitative estimate of drug-likeness (QED) is 0.482. The summed E-state index contributed by atoms with van der Waals surface area (Å²) < 4.78 is 0. The van der Waals surface area contributed by atoms with Crippen molar-refractivity contribution in [2.24, 2.45) is 0 Å². The van der Waals surface area contributed by atoms with Crippen LogP contribution in [0.3, 0.4) is 0 Å². The van der Waals surface area contributed by atoms with Crippen molar-refractivity contribution >= 4 is 11.8 Å². The number of thioether (sulfide) groups is 1. The van der Waals surface area contributed by atoms with E-state index in [0.29, 0.717) is 5.25 Å². The Morgan fingerprint density at radius 2 is 2.23 bits per heavy atom. The van der Waals surface area contributed by atoms with Crippen LogP contribution in [0.4, 0.5) is 0 Å². The van der Waals surface area contributed by atoms with Crippen molar-refractivity contribution in [3.63, 3.8) is 0 Å². The van der Waals surface area contributed by atoms with E-state index in [0.717, 1.165) is 25.0 Å². The molecule has 2 heteroatoms. The number of hydrogen-bond acceptors (Lipinski definition) is 2. The maximum atomic E-state index is 9.57. The summed E-state index contributed by atoms with van der Waals surface area (Å²) in [7, 11) is 0. The minimum absolute atomic E-state index is 0.126. The Labute approximate surface area is 86.6 Å². The second-order valence-electron chi connectivity index (χ2n) is 3.43. The fraction of sp³-hybridized carbons (Fsp3) is 0.818. The van der Waals surface area contributed by atoms with E-state index >= 15 is 0 Å². The molecule has 13 heavy (non-hydrogen) atoms. The van der Waals surface area contributed by atoms with Crippen LogP contribution in [-0.4, -0.2) is 22.2 Å². The highest BCUT2D eigenvalue weighted by Gasteiger charge is 2.06. The van der Waals surface area contributed by atoms with Crippen molar-refractivity contribution < 1.29 is 5.11 Å². The molecular formula is C11H22OS. The molecule has 0 aliphatic rings. The van der Waals surface area contributed by atoms with Crippen LogP contribution in [-0.2, 0) is 0 Å². The van der Waals surface area contributed by atoms with Gasteiger partial charge in [0.05, 0.1) is 6.10 Å². The molecule has 0 amide bonds. The molecular weight excluding hydrogens is 180 g/mol. The lowest BCUT2D eigenvalue weighted by Crippen LogP contribution is -2.11. The smallest absolute Gasteiger partial charge is 0.0630 e. The van der Waals surface area contributed by atoms with E-state index in [-0.39, 0.29) is 6.10 Å². The molecule has 0 aromatic heterocycles. The summed E-state index contributed by atoms with van der Waals surface area (Å²) in [5.41, 5.74) is 0. The summed E-state index contributed by atoms with van der Waals surface area (Å²) in [4.78, 5) is 0. The largest absolute Gasteiger partial charge is 0.392 e. The number of hydrogen-bond donors (Lipinski definition) is 1. The van der Waals surface area contributed by atoms with Gasteiger partial charge in [-0.2, -0.15) is 11.8 Å². The number of aliphatic hydroxyl groups is 1. The van der Waals surface area contributed by atoms with Gasteiger partial charge < -0.3 is 5.11 Å². The van der Waals surface area contributed by atoms with Crippen molar-refractivity contribution in [2.45, 2.75) is 50.9 Å². The van der Waals surface area contributed by atoms with E-state index in [4.69, 9.17) is 0 Å². The van der Waals surface area contributed by atoms with Gasteiger partial charge in [0.2, 0.25) is 0 Å². The Kier molecular flexibility index (Phi) is 8.67. The zero-order valence-corrected chi connectivity index (χ0v) is 9.65. The van der Waals surface area contributed by atoms with E-state index in [1.165, 1.54) is 6.42 Å². The molecule has 0 fully saturated rings. The van der Waals surface area contributed by atoms with Gasteiger partial charge in [0, 0.05) is 11.0 Å². The van der Waals surface area contributed by atoms with Crippen molar-refractivity contribution in [1.29, 1.82) is 0 Å². The van der Waals surface area contributed by atoms with Gasteiger partial charge in [0.25, 0.3) is 0 Å². The van der Waals surface area contributed by atoms with Crippen LogP contribution in [0.1, 0.15) is 39.5 Å². The lowest BCUT2D eigenvalue weighted by atomic mass is 10.2. The zero-order valence-electron chi connectivity index (χ0n) is 8.83. The second kappa shape index (κ2) is 8.64. The average molecular weight is 202 g/mol. The summed E-state index contributed by atoms with van der Waals surface area (Å²) >= 11 is 1.87. The summed E-state index contributed by atoms with van der Waals surface area (Å²) in [6, 6.07) is 0. The first-order valence-corrected chi connectivity index (χ1v) is 6.16. The van der Waals surface area contributed by atoms with Gasteiger partial charge in [-0.15, -0.1) is 6.58 Å². The fourth-order valence-electron chi connectivity index (χ4n) is 0.974. The second-order valence-corrected chi connectivity index (χ2v) is 4.90. The Hall–Kier alpha value is 0.0500. The van der Waals surface area contributed by atoms with Crippen LogP contribution in [0.15, 0.2) is 12.7 Å². The SMILES string of the molecule is C=CCCCC(O)CSC(C)CC. The molecule has 0 heterocycles. The lowest BCUT2D eigenvalue weighted by molar-refractivity contribution is 0.186. The van der Waals surface area contributed by atoms with Crippen LogP contribution in [0.5, 0.6) is 0 Å². The van der Waals surface area contributed by atoms with E-state index in [1.807, 2.05) is 17.8 Å². The van der Waals surface area contributed by atoms with Crippen molar-refractivity contribution in [1.82, 2.24) is 0 Å². The van der Waals surface area contributed by atoms with Crippen molar-refractivity contribution in [3.05, 3.63) is 12.7 Å².